The Morgan fingerprint density at radius 2 is 1.86 bits per heavy atom. The number of aliphatic imine (C=N–C) groups is 1. The minimum absolute atomic E-state index is 0.0416. The Labute approximate surface area is 252 Å². The number of amides is 2. The van der Waals surface area contributed by atoms with Crippen molar-refractivity contribution in [2.75, 3.05) is 38.3 Å². The summed E-state index contributed by atoms with van der Waals surface area (Å²) in [6, 6.07) is 6.29. The first-order valence-electron chi connectivity index (χ1n) is 14.7. The van der Waals surface area contributed by atoms with Gasteiger partial charge in [0.25, 0.3) is 11.5 Å². The van der Waals surface area contributed by atoms with E-state index in [-0.39, 0.29) is 55.5 Å². The average molecular weight is 609 g/mol. The third-order valence-electron chi connectivity index (χ3n) is 7.79. The van der Waals surface area contributed by atoms with Gasteiger partial charge in [-0.05, 0) is 49.6 Å². The van der Waals surface area contributed by atoms with E-state index in [1.807, 2.05) is 6.92 Å². The van der Waals surface area contributed by atoms with Crippen molar-refractivity contribution in [3.8, 4) is 0 Å². The number of pyridine rings is 1. The highest BCUT2D eigenvalue weighted by molar-refractivity contribution is 6.07. The van der Waals surface area contributed by atoms with E-state index in [0.29, 0.717) is 55.0 Å². The maximum Gasteiger partial charge on any atom is 0.332 e. The van der Waals surface area contributed by atoms with E-state index >= 15 is 0 Å². The Bertz CT molecular complexity index is 1720. The molecule has 1 aromatic carbocycles. The zero-order valence-electron chi connectivity index (χ0n) is 24.7. The number of rotatable bonds is 12. The number of hydrogen-bond acceptors (Lipinski definition) is 7. The molecule has 0 N–H and O–H groups in total. The van der Waals surface area contributed by atoms with Gasteiger partial charge < -0.3 is 9.64 Å². The van der Waals surface area contributed by atoms with Crippen molar-refractivity contribution >= 4 is 29.2 Å². The maximum absolute atomic E-state index is 14.0. The van der Waals surface area contributed by atoms with Gasteiger partial charge in [-0.1, -0.05) is 6.92 Å². The van der Waals surface area contributed by atoms with Gasteiger partial charge in [0.15, 0.2) is 11.6 Å². The third kappa shape index (κ3) is 6.23. The molecule has 0 unspecified atom stereocenters. The number of hydrogen-bond donors (Lipinski definition) is 0. The largest absolute Gasteiger partial charge is 0.383 e. The monoisotopic (exact) mass is 608 g/mol. The second kappa shape index (κ2) is 13.4. The lowest BCUT2D eigenvalue weighted by molar-refractivity contribution is -0.127. The molecule has 13 heteroatoms. The fourth-order valence-corrected chi connectivity index (χ4v) is 5.52. The van der Waals surface area contributed by atoms with Crippen LogP contribution >= 0.6 is 0 Å². The molecule has 2 aliphatic rings. The van der Waals surface area contributed by atoms with Crippen LogP contribution in [-0.4, -0.2) is 69.9 Å². The summed E-state index contributed by atoms with van der Waals surface area (Å²) in [7, 11) is 1.53. The van der Waals surface area contributed by atoms with Gasteiger partial charge >= 0.3 is 5.69 Å². The lowest BCUT2D eigenvalue weighted by atomic mass is 10.1. The number of likely N-dealkylation sites (tertiary alicyclic amines) is 1. The van der Waals surface area contributed by atoms with E-state index in [0.717, 1.165) is 18.6 Å². The standard InChI is InChI=1S/C31H34F2N6O5/c1-3-11-39-30(42)22-18-25(35-28(22)38(31(39)43)15-16-44-2)21-8-10-26(34-19-21)37(14-5-13-36-12-4-6-27(36)40)29(41)20-7-9-23(32)24(33)17-20/h7-10,17,19H,3-6,11-16,18H2,1-2H3. The number of methoxy groups -OCH3 is 1. The van der Waals surface area contributed by atoms with Crippen LogP contribution in [0.15, 0.2) is 51.1 Å². The summed E-state index contributed by atoms with van der Waals surface area (Å²) in [6.45, 7) is 3.98. The molecule has 0 saturated carbocycles. The molecular formula is C31H34F2N6O5. The fraction of sp³-hybridized carbons (Fsp3) is 0.419. The first kappa shape index (κ1) is 30.9. The first-order chi connectivity index (χ1) is 21.2. The molecular weight excluding hydrogens is 574 g/mol. The molecule has 4 heterocycles. The van der Waals surface area contributed by atoms with Crippen molar-refractivity contribution < 1.29 is 23.1 Å². The Morgan fingerprint density at radius 3 is 2.52 bits per heavy atom. The van der Waals surface area contributed by atoms with Crippen LogP contribution in [0.25, 0.3) is 0 Å². The number of nitrogens with zero attached hydrogens (tertiary/aromatic N) is 6. The molecule has 3 aromatic rings. The quantitative estimate of drug-likeness (QED) is 0.312. The molecule has 0 bridgehead atoms. The summed E-state index contributed by atoms with van der Waals surface area (Å²) < 4.78 is 35.4. The molecule has 0 aliphatic carbocycles. The number of fused-ring (bicyclic) bond motifs is 1. The number of benzene rings is 1. The van der Waals surface area contributed by atoms with Crippen molar-refractivity contribution in [1.29, 1.82) is 0 Å². The second-order valence-corrected chi connectivity index (χ2v) is 10.7. The van der Waals surface area contributed by atoms with Gasteiger partial charge in [-0.2, -0.15) is 0 Å². The molecule has 5 rings (SSSR count). The fourth-order valence-electron chi connectivity index (χ4n) is 5.52. The Morgan fingerprint density at radius 1 is 1.05 bits per heavy atom. The van der Waals surface area contributed by atoms with Crippen LogP contribution in [0.3, 0.4) is 0 Å². The first-order valence-corrected chi connectivity index (χ1v) is 14.7. The Hall–Kier alpha value is -4.52. The van der Waals surface area contributed by atoms with Crippen molar-refractivity contribution in [1.82, 2.24) is 19.0 Å². The van der Waals surface area contributed by atoms with Crippen LogP contribution in [0.4, 0.5) is 20.4 Å². The van der Waals surface area contributed by atoms with Gasteiger partial charge in [-0.3, -0.25) is 28.4 Å². The molecule has 0 radical (unpaired) electrons. The van der Waals surface area contributed by atoms with Gasteiger partial charge in [0.1, 0.15) is 11.6 Å². The molecule has 2 aliphatic heterocycles. The number of ether oxygens (including phenoxy) is 1. The summed E-state index contributed by atoms with van der Waals surface area (Å²) in [5, 5.41) is 0. The predicted octanol–water partition coefficient (Wildman–Crippen LogP) is 3.08. The summed E-state index contributed by atoms with van der Waals surface area (Å²) in [5.74, 6) is -2.12. The minimum Gasteiger partial charge on any atom is -0.383 e. The molecule has 11 nitrogen and oxygen atoms in total. The summed E-state index contributed by atoms with van der Waals surface area (Å²) in [6.07, 6.45) is 4.09. The lowest BCUT2D eigenvalue weighted by Gasteiger charge is -2.24. The molecule has 1 saturated heterocycles. The summed E-state index contributed by atoms with van der Waals surface area (Å²) in [4.78, 5) is 64.1. The van der Waals surface area contributed by atoms with Crippen LogP contribution < -0.4 is 16.1 Å². The highest BCUT2D eigenvalue weighted by atomic mass is 19.2. The van der Waals surface area contributed by atoms with Crippen LogP contribution in [0.5, 0.6) is 0 Å². The highest BCUT2D eigenvalue weighted by Gasteiger charge is 2.27. The third-order valence-corrected chi connectivity index (χ3v) is 7.79. The molecule has 0 atom stereocenters. The van der Waals surface area contributed by atoms with Crippen LogP contribution in [0.1, 0.15) is 54.1 Å². The predicted molar refractivity (Wildman–Crippen MR) is 160 cm³/mol. The van der Waals surface area contributed by atoms with Gasteiger partial charge in [-0.15, -0.1) is 0 Å². The number of anilines is 1. The zero-order valence-corrected chi connectivity index (χ0v) is 24.7. The number of halogens is 2. The highest BCUT2D eigenvalue weighted by Crippen LogP contribution is 2.26. The van der Waals surface area contributed by atoms with E-state index in [1.165, 1.54) is 33.4 Å². The van der Waals surface area contributed by atoms with Gasteiger partial charge in [0, 0.05) is 63.5 Å². The molecule has 2 aromatic heterocycles. The molecule has 1 fully saturated rings. The van der Waals surface area contributed by atoms with Gasteiger partial charge in [0.2, 0.25) is 5.91 Å². The van der Waals surface area contributed by atoms with E-state index in [4.69, 9.17) is 4.74 Å². The SMILES string of the molecule is CCCn1c(=O)c2c(n(CCOC)c1=O)N=C(c1ccc(N(CCCN3CCCC3=O)C(=O)c3ccc(F)c(F)c3)nc1)C2. The average Bonchev–Trinajstić information content (AvgIpc) is 3.65. The summed E-state index contributed by atoms with van der Waals surface area (Å²) in [5.41, 5.74) is 0.707. The van der Waals surface area contributed by atoms with Gasteiger partial charge in [-0.25, -0.2) is 23.6 Å². The Kier molecular flexibility index (Phi) is 9.43. The van der Waals surface area contributed by atoms with Crippen molar-refractivity contribution in [3.63, 3.8) is 0 Å². The van der Waals surface area contributed by atoms with Crippen LogP contribution in [-0.2, 0) is 29.0 Å². The molecule has 0 spiro atoms. The Balaban J connectivity index is 1.43. The van der Waals surface area contributed by atoms with Gasteiger partial charge in [0.05, 0.1) is 24.4 Å². The number of aromatic nitrogens is 3. The topological polar surface area (TPSA) is 119 Å². The van der Waals surface area contributed by atoms with E-state index in [1.54, 1.807) is 17.0 Å². The second-order valence-electron chi connectivity index (χ2n) is 10.7. The van der Waals surface area contributed by atoms with E-state index in [2.05, 4.69) is 9.98 Å². The normalized spacial score (nSPS) is 14.2. The minimum atomic E-state index is -1.14. The van der Waals surface area contributed by atoms with Crippen LogP contribution in [0.2, 0.25) is 0 Å². The van der Waals surface area contributed by atoms with Crippen LogP contribution in [0, 0.1) is 11.6 Å². The van der Waals surface area contributed by atoms with Crippen molar-refractivity contribution in [2.45, 2.75) is 52.1 Å². The maximum atomic E-state index is 14.0. The lowest BCUT2D eigenvalue weighted by Crippen LogP contribution is -2.41. The van der Waals surface area contributed by atoms with Crippen molar-refractivity contribution in [3.05, 3.63) is 85.7 Å². The van der Waals surface area contributed by atoms with E-state index < -0.39 is 23.2 Å². The molecule has 2 amide bonds. The summed E-state index contributed by atoms with van der Waals surface area (Å²) >= 11 is 0. The zero-order chi connectivity index (χ0) is 31.4. The number of carbonyl (C=O) groups excluding carboxylic acids is 2. The number of carbonyl (C=O) groups is 2. The molecule has 44 heavy (non-hydrogen) atoms. The van der Waals surface area contributed by atoms with E-state index in [9.17, 15) is 28.0 Å². The molecule has 232 valence electrons. The van der Waals surface area contributed by atoms with Crippen molar-refractivity contribution in [2.24, 2.45) is 4.99 Å². The smallest absolute Gasteiger partial charge is 0.332 e.